The Kier molecular flexibility index (Phi) is 5.17. The lowest BCUT2D eigenvalue weighted by Gasteiger charge is -2.35. The number of likely N-dealkylation sites (tertiary alicyclic amines) is 1. The van der Waals surface area contributed by atoms with Crippen LogP contribution in [0, 0.1) is 0 Å². The van der Waals surface area contributed by atoms with E-state index in [-0.39, 0.29) is 18.6 Å². The van der Waals surface area contributed by atoms with Gasteiger partial charge in [-0.1, -0.05) is 6.92 Å². The summed E-state index contributed by atoms with van der Waals surface area (Å²) in [5.74, 6) is 0.0669. The van der Waals surface area contributed by atoms with Crippen molar-refractivity contribution in [1.82, 2.24) is 14.7 Å². The average molecular weight is 279 g/mol. The Morgan fingerprint density at radius 3 is 2.90 bits per heavy atom. The molecule has 5 nitrogen and oxygen atoms in total. The van der Waals surface area contributed by atoms with Gasteiger partial charge in [-0.2, -0.15) is 5.10 Å². The molecular weight excluding hydrogens is 254 g/mol. The average Bonchev–Trinajstić information content (AvgIpc) is 2.91. The van der Waals surface area contributed by atoms with E-state index >= 15 is 0 Å². The van der Waals surface area contributed by atoms with Crippen LogP contribution >= 0.6 is 0 Å². The molecule has 0 aliphatic carbocycles. The van der Waals surface area contributed by atoms with E-state index in [1.54, 1.807) is 4.68 Å². The van der Waals surface area contributed by atoms with Crippen molar-refractivity contribution in [3.8, 4) is 0 Å². The Labute approximate surface area is 120 Å². The fourth-order valence-electron chi connectivity index (χ4n) is 2.92. The van der Waals surface area contributed by atoms with Crippen LogP contribution < -0.4 is 0 Å². The Balaban J connectivity index is 2.22. The Hall–Kier alpha value is -1.36. The highest BCUT2D eigenvalue weighted by Gasteiger charge is 2.29. The SMILES string of the molecule is CCc1cc(C(=O)N2CCCCC2CCO)n(CC)n1. The highest BCUT2D eigenvalue weighted by Crippen LogP contribution is 2.22. The Morgan fingerprint density at radius 2 is 2.25 bits per heavy atom. The van der Waals surface area contributed by atoms with Gasteiger partial charge >= 0.3 is 0 Å². The number of aliphatic hydroxyl groups is 1. The molecule has 1 saturated heterocycles. The zero-order chi connectivity index (χ0) is 14.5. The van der Waals surface area contributed by atoms with Gasteiger partial charge in [0.1, 0.15) is 5.69 Å². The minimum absolute atomic E-state index is 0.0669. The summed E-state index contributed by atoms with van der Waals surface area (Å²) in [4.78, 5) is 14.7. The summed E-state index contributed by atoms with van der Waals surface area (Å²) < 4.78 is 1.80. The minimum atomic E-state index is 0.0669. The second kappa shape index (κ2) is 6.88. The molecule has 1 amide bonds. The number of piperidine rings is 1. The number of carbonyl (C=O) groups is 1. The molecule has 1 atom stereocenters. The van der Waals surface area contributed by atoms with Gasteiger partial charge in [0.15, 0.2) is 0 Å². The number of rotatable bonds is 5. The molecule has 1 aliphatic heterocycles. The summed E-state index contributed by atoms with van der Waals surface area (Å²) in [5.41, 5.74) is 1.65. The molecule has 112 valence electrons. The van der Waals surface area contributed by atoms with Crippen LogP contribution in [0.2, 0.25) is 0 Å². The van der Waals surface area contributed by atoms with Crippen LogP contribution in [0.3, 0.4) is 0 Å². The molecule has 1 aliphatic rings. The topological polar surface area (TPSA) is 58.4 Å². The first-order valence-corrected chi connectivity index (χ1v) is 7.69. The number of aryl methyl sites for hydroxylation is 2. The molecule has 0 aromatic carbocycles. The number of hydrogen-bond donors (Lipinski definition) is 1. The summed E-state index contributed by atoms with van der Waals surface area (Å²) in [6.45, 7) is 5.69. The van der Waals surface area contributed by atoms with Crippen molar-refractivity contribution < 1.29 is 9.90 Å². The van der Waals surface area contributed by atoms with E-state index in [1.165, 1.54) is 0 Å². The summed E-state index contributed by atoms with van der Waals surface area (Å²) in [6.07, 6.45) is 4.70. The second-order valence-corrected chi connectivity index (χ2v) is 5.35. The fourth-order valence-corrected chi connectivity index (χ4v) is 2.92. The van der Waals surface area contributed by atoms with Gasteiger partial charge in [-0.25, -0.2) is 0 Å². The molecule has 2 rings (SSSR count). The highest BCUT2D eigenvalue weighted by molar-refractivity contribution is 5.93. The summed E-state index contributed by atoms with van der Waals surface area (Å²) in [5, 5.41) is 13.6. The van der Waals surface area contributed by atoms with Gasteiger partial charge in [0, 0.05) is 25.7 Å². The van der Waals surface area contributed by atoms with Crippen molar-refractivity contribution >= 4 is 5.91 Å². The molecular formula is C15H25N3O2. The van der Waals surface area contributed by atoms with Crippen LogP contribution in [0.4, 0.5) is 0 Å². The molecule has 1 aromatic rings. The van der Waals surface area contributed by atoms with Crippen LogP contribution in [0.25, 0.3) is 0 Å². The van der Waals surface area contributed by atoms with E-state index in [0.29, 0.717) is 18.7 Å². The van der Waals surface area contributed by atoms with E-state index in [2.05, 4.69) is 5.10 Å². The second-order valence-electron chi connectivity index (χ2n) is 5.35. The Bertz CT molecular complexity index is 454. The highest BCUT2D eigenvalue weighted by atomic mass is 16.3. The number of hydrogen-bond acceptors (Lipinski definition) is 3. The summed E-state index contributed by atoms with van der Waals surface area (Å²) in [6, 6.07) is 2.09. The largest absolute Gasteiger partial charge is 0.396 e. The van der Waals surface area contributed by atoms with Crippen molar-refractivity contribution in [3.63, 3.8) is 0 Å². The van der Waals surface area contributed by atoms with Crippen LogP contribution in [0.15, 0.2) is 6.07 Å². The predicted octanol–water partition coefficient (Wildman–Crippen LogP) is 1.84. The molecule has 1 unspecified atom stereocenters. The van der Waals surface area contributed by atoms with E-state index in [1.807, 2.05) is 24.8 Å². The van der Waals surface area contributed by atoms with Gasteiger partial charge < -0.3 is 10.0 Å². The third kappa shape index (κ3) is 3.03. The number of nitrogens with zero attached hydrogens (tertiary/aromatic N) is 3. The van der Waals surface area contributed by atoms with Gasteiger partial charge in [0.2, 0.25) is 0 Å². The van der Waals surface area contributed by atoms with Crippen LogP contribution in [-0.4, -0.2) is 44.9 Å². The van der Waals surface area contributed by atoms with Crippen molar-refractivity contribution in [1.29, 1.82) is 0 Å². The summed E-state index contributed by atoms with van der Waals surface area (Å²) in [7, 11) is 0. The molecule has 1 aromatic heterocycles. The lowest BCUT2D eigenvalue weighted by Crippen LogP contribution is -2.44. The van der Waals surface area contributed by atoms with Gasteiger partial charge in [-0.15, -0.1) is 0 Å². The minimum Gasteiger partial charge on any atom is -0.396 e. The Morgan fingerprint density at radius 1 is 1.45 bits per heavy atom. The molecule has 0 spiro atoms. The standard InChI is InChI=1S/C15H25N3O2/c1-3-12-11-14(18(4-2)16-12)15(20)17-9-6-5-7-13(17)8-10-19/h11,13,19H,3-10H2,1-2H3. The molecule has 20 heavy (non-hydrogen) atoms. The summed E-state index contributed by atoms with van der Waals surface area (Å²) >= 11 is 0. The first-order chi connectivity index (χ1) is 9.71. The van der Waals surface area contributed by atoms with Gasteiger partial charge in [-0.3, -0.25) is 9.48 Å². The fraction of sp³-hybridized carbons (Fsp3) is 0.733. The lowest BCUT2D eigenvalue weighted by molar-refractivity contribution is 0.0562. The number of carbonyl (C=O) groups excluding carboxylic acids is 1. The molecule has 0 radical (unpaired) electrons. The van der Waals surface area contributed by atoms with Crippen LogP contribution in [-0.2, 0) is 13.0 Å². The molecule has 0 bridgehead atoms. The zero-order valence-corrected chi connectivity index (χ0v) is 12.5. The third-order valence-electron chi connectivity index (χ3n) is 4.06. The molecule has 1 fully saturated rings. The normalized spacial score (nSPS) is 19.4. The first kappa shape index (κ1) is 15.0. The van der Waals surface area contributed by atoms with Crippen LogP contribution in [0.5, 0.6) is 0 Å². The van der Waals surface area contributed by atoms with E-state index < -0.39 is 0 Å². The van der Waals surface area contributed by atoms with Crippen LogP contribution in [0.1, 0.15) is 55.7 Å². The van der Waals surface area contributed by atoms with Crippen molar-refractivity contribution in [2.45, 2.75) is 58.5 Å². The molecule has 1 N–H and O–H groups in total. The van der Waals surface area contributed by atoms with E-state index in [4.69, 9.17) is 0 Å². The first-order valence-electron chi connectivity index (χ1n) is 7.69. The maximum absolute atomic E-state index is 12.8. The number of aliphatic hydroxyl groups excluding tert-OH is 1. The van der Waals surface area contributed by atoms with Crippen molar-refractivity contribution in [2.24, 2.45) is 0 Å². The van der Waals surface area contributed by atoms with Gasteiger partial charge in [0.05, 0.1) is 5.69 Å². The van der Waals surface area contributed by atoms with Gasteiger partial charge in [-0.05, 0) is 45.1 Å². The quantitative estimate of drug-likeness (QED) is 0.894. The maximum atomic E-state index is 12.8. The maximum Gasteiger partial charge on any atom is 0.272 e. The predicted molar refractivity (Wildman–Crippen MR) is 77.7 cm³/mol. The van der Waals surface area contributed by atoms with E-state index in [0.717, 1.165) is 37.9 Å². The smallest absolute Gasteiger partial charge is 0.272 e. The number of aromatic nitrogens is 2. The monoisotopic (exact) mass is 279 g/mol. The lowest BCUT2D eigenvalue weighted by atomic mass is 9.99. The van der Waals surface area contributed by atoms with Crippen molar-refractivity contribution in [3.05, 3.63) is 17.5 Å². The number of amides is 1. The molecule has 0 saturated carbocycles. The molecule has 2 heterocycles. The van der Waals surface area contributed by atoms with E-state index in [9.17, 15) is 9.90 Å². The molecule has 5 heteroatoms. The zero-order valence-electron chi connectivity index (χ0n) is 12.5. The van der Waals surface area contributed by atoms with Crippen molar-refractivity contribution in [2.75, 3.05) is 13.2 Å². The third-order valence-corrected chi connectivity index (χ3v) is 4.06. The van der Waals surface area contributed by atoms with Gasteiger partial charge in [0.25, 0.3) is 5.91 Å².